The van der Waals surface area contributed by atoms with Crippen LogP contribution in [0.2, 0.25) is 0 Å². The fourth-order valence-corrected chi connectivity index (χ4v) is 4.53. The summed E-state index contributed by atoms with van der Waals surface area (Å²) in [4.78, 5) is 49.5. The number of hydrogen-bond donors (Lipinski definition) is 2. The third kappa shape index (κ3) is 3.94. The van der Waals surface area contributed by atoms with Gasteiger partial charge < -0.3 is 15.4 Å². The highest BCUT2D eigenvalue weighted by atomic mass is 19.1. The normalized spacial score (nSPS) is 20.9. The van der Waals surface area contributed by atoms with Crippen molar-refractivity contribution in [2.24, 2.45) is 5.73 Å². The summed E-state index contributed by atoms with van der Waals surface area (Å²) >= 11 is 0. The standard InChI is InChI=1S/C24H22FN3O5/c25-24(7-8-24)16-3-5-19(33-23(26)32)15(11-16)9-13-1-2-14-12-28(22(31)17(14)10-13)18-4-6-20(29)27-21(18)30/h1-3,5,10-11,18H,4,6-9,12H2,(H2,26,32)(H,27,29,30). The number of nitrogens with two attached hydrogens (primary N) is 1. The molecular formula is C24H22FN3O5. The number of benzene rings is 2. The summed E-state index contributed by atoms with van der Waals surface area (Å²) in [5, 5.41) is 2.29. The molecule has 3 aliphatic rings. The van der Waals surface area contributed by atoms with Crippen LogP contribution < -0.4 is 15.8 Å². The molecule has 0 aromatic heterocycles. The van der Waals surface area contributed by atoms with Crippen molar-refractivity contribution in [2.45, 2.75) is 50.4 Å². The molecule has 0 spiro atoms. The molecular weight excluding hydrogens is 429 g/mol. The number of ether oxygens (including phenoxy) is 1. The number of fused-ring (bicyclic) bond motifs is 1. The van der Waals surface area contributed by atoms with Gasteiger partial charge in [-0.2, -0.15) is 0 Å². The number of hydrogen-bond acceptors (Lipinski definition) is 5. The Morgan fingerprint density at radius 2 is 1.97 bits per heavy atom. The second kappa shape index (κ2) is 7.68. The summed E-state index contributed by atoms with van der Waals surface area (Å²) in [6.45, 7) is 0.288. The second-order valence-corrected chi connectivity index (χ2v) is 8.78. The summed E-state index contributed by atoms with van der Waals surface area (Å²) in [5.41, 5.74) is 6.98. The highest BCUT2D eigenvalue weighted by Crippen LogP contribution is 2.50. The van der Waals surface area contributed by atoms with Crippen molar-refractivity contribution in [2.75, 3.05) is 0 Å². The van der Waals surface area contributed by atoms with Crippen LogP contribution in [0, 0.1) is 0 Å². The summed E-state index contributed by atoms with van der Waals surface area (Å²) < 4.78 is 19.7. The van der Waals surface area contributed by atoms with Crippen molar-refractivity contribution in [1.82, 2.24) is 10.2 Å². The maximum absolute atomic E-state index is 14.6. The Labute approximate surface area is 188 Å². The largest absolute Gasteiger partial charge is 0.410 e. The second-order valence-electron chi connectivity index (χ2n) is 8.78. The van der Waals surface area contributed by atoms with Crippen molar-refractivity contribution >= 4 is 23.8 Å². The first-order chi connectivity index (χ1) is 15.7. The van der Waals surface area contributed by atoms with Crippen LogP contribution in [0.15, 0.2) is 36.4 Å². The van der Waals surface area contributed by atoms with Gasteiger partial charge in [0.2, 0.25) is 11.8 Å². The van der Waals surface area contributed by atoms with Gasteiger partial charge in [-0.15, -0.1) is 0 Å². The van der Waals surface area contributed by atoms with Gasteiger partial charge in [-0.25, -0.2) is 9.18 Å². The van der Waals surface area contributed by atoms with Crippen LogP contribution >= 0.6 is 0 Å². The molecule has 2 heterocycles. The van der Waals surface area contributed by atoms with E-state index in [2.05, 4.69) is 5.32 Å². The van der Waals surface area contributed by atoms with E-state index in [-0.39, 0.29) is 30.5 Å². The molecule has 170 valence electrons. The van der Waals surface area contributed by atoms with E-state index in [0.717, 1.165) is 11.1 Å². The lowest BCUT2D eigenvalue weighted by Crippen LogP contribution is -2.52. The minimum Gasteiger partial charge on any atom is -0.410 e. The Morgan fingerprint density at radius 3 is 2.67 bits per heavy atom. The molecule has 2 aromatic rings. The zero-order valence-corrected chi connectivity index (χ0v) is 17.7. The molecule has 1 atom stereocenters. The predicted octanol–water partition coefficient (Wildman–Crippen LogP) is 2.45. The van der Waals surface area contributed by atoms with Crippen LogP contribution in [0.4, 0.5) is 9.18 Å². The highest BCUT2D eigenvalue weighted by molar-refractivity contribution is 6.05. The molecule has 9 heteroatoms. The van der Waals surface area contributed by atoms with E-state index in [9.17, 15) is 23.6 Å². The zero-order valence-electron chi connectivity index (χ0n) is 17.7. The van der Waals surface area contributed by atoms with E-state index in [1.54, 1.807) is 18.2 Å². The van der Waals surface area contributed by atoms with Gasteiger partial charge in [0.15, 0.2) is 0 Å². The van der Waals surface area contributed by atoms with Gasteiger partial charge in [-0.05, 0) is 59.7 Å². The van der Waals surface area contributed by atoms with Crippen LogP contribution in [0.5, 0.6) is 5.75 Å². The number of imide groups is 1. The molecule has 0 radical (unpaired) electrons. The smallest absolute Gasteiger partial charge is 0.409 e. The first kappa shape index (κ1) is 21.1. The lowest BCUT2D eigenvalue weighted by Gasteiger charge is -2.29. The molecule has 1 unspecified atom stereocenters. The molecule has 1 saturated carbocycles. The fourth-order valence-electron chi connectivity index (χ4n) is 4.53. The molecule has 3 N–H and O–H groups in total. The summed E-state index contributed by atoms with van der Waals surface area (Å²) in [6, 6.07) is 9.55. The maximum atomic E-state index is 14.6. The average molecular weight is 451 g/mol. The van der Waals surface area contributed by atoms with E-state index in [4.69, 9.17) is 10.5 Å². The Kier molecular flexibility index (Phi) is 4.92. The van der Waals surface area contributed by atoms with E-state index in [1.165, 1.54) is 11.0 Å². The number of primary amides is 1. The Hall–Kier alpha value is -3.75. The summed E-state index contributed by atoms with van der Waals surface area (Å²) in [5.74, 6) is -0.824. The van der Waals surface area contributed by atoms with Crippen molar-refractivity contribution in [3.63, 3.8) is 0 Å². The lowest BCUT2D eigenvalue weighted by molar-refractivity contribution is -0.136. The minimum atomic E-state index is -1.35. The van der Waals surface area contributed by atoms with Gasteiger partial charge >= 0.3 is 6.09 Å². The van der Waals surface area contributed by atoms with E-state index < -0.39 is 23.7 Å². The Bertz CT molecular complexity index is 1210. The molecule has 5 rings (SSSR count). The molecule has 1 saturated heterocycles. The van der Waals surface area contributed by atoms with Gasteiger partial charge in [0.25, 0.3) is 5.91 Å². The van der Waals surface area contributed by atoms with Crippen molar-refractivity contribution < 1.29 is 28.3 Å². The number of nitrogens with zero attached hydrogens (tertiary/aromatic N) is 1. The molecule has 8 nitrogen and oxygen atoms in total. The molecule has 2 aliphatic heterocycles. The summed E-state index contributed by atoms with van der Waals surface area (Å²) in [6.07, 6.45) is 0.720. The third-order valence-electron chi connectivity index (χ3n) is 6.46. The topological polar surface area (TPSA) is 119 Å². The minimum absolute atomic E-state index is 0.191. The monoisotopic (exact) mass is 451 g/mol. The maximum Gasteiger partial charge on any atom is 0.409 e. The first-order valence-corrected chi connectivity index (χ1v) is 10.8. The number of nitrogens with one attached hydrogen (secondary N) is 1. The molecule has 33 heavy (non-hydrogen) atoms. The van der Waals surface area contributed by atoms with E-state index >= 15 is 0 Å². The number of carbonyl (C=O) groups is 4. The number of rotatable bonds is 5. The van der Waals surface area contributed by atoms with Gasteiger partial charge in [0, 0.05) is 24.9 Å². The summed E-state index contributed by atoms with van der Waals surface area (Å²) in [7, 11) is 0. The Morgan fingerprint density at radius 1 is 1.18 bits per heavy atom. The Balaban J connectivity index is 1.41. The highest BCUT2D eigenvalue weighted by Gasteiger charge is 2.45. The average Bonchev–Trinajstić information content (AvgIpc) is 3.44. The van der Waals surface area contributed by atoms with Gasteiger partial charge in [0.1, 0.15) is 17.5 Å². The number of alkyl halides is 1. The van der Waals surface area contributed by atoms with Crippen LogP contribution in [-0.2, 0) is 28.2 Å². The van der Waals surface area contributed by atoms with Crippen LogP contribution in [0.25, 0.3) is 0 Å². The first-order valence-electron chi connectivity index (χ1n) is 10.8. The van der Waals surface area contributed by atoms with E-state index in [1.807, 2.05) is 12.1 Å². The molecule has 2 aromatic carbocycles. The van der Waals surface area contributed by atoms with Gasteiger partial charge in [0.05, 0.1) is 0 Å². The number of halogens is 1. The predicted molar refractivity (Wildman–Crippen MR) is 114 cm³/mol. The van der Waals surface area contributed by atoms with Gasteiger partial charge in [-0.3, -0.25) is 19.7 Å². The number of piperidine rings is 1. The van der Waals surface area contributed by atoms with Crippen LogP contribution in [0.1, 0.15) is 58.3 Å². The molecule has 0 bridgehead atoms. The van der Waals surface area contributed by atoms with Crippen molar-refractivity contribution in [3.05, 3.63) is 64.2 Å². The lowest BCUT2D eigenvalue weighted by atomic mass is 9.97. The van der Waals surface area contributed by atoms with Gasteiger partial charge in [-0.1, -0.05) is 18.2 Å². The number of amides is 4. The van der Waals surface area contributed by atoms with Crippen molar-refractivity contribution in [3.8, 4) is 5.75 Å². The zero-order chi connectivity index (χ0) is 23.3. The third-order valence-corrected chi connectivity index (χ3v) is 6.46. The van der Waals surface area contributed by atoms with Crippen LogP contribution in [-0.4, -0.2) is 34.8 Å². The molecule has 4 amide bonds. The fraction of sp³-hybridized carbons (Fsp3) is 0.333. The van der Waals surface area contributed by atoms with Crippen LogP contribution in [0.3, 0.4) is 0 Å². The molecule has 1 aliphatic carbocycles. The SMILES string of the molecule is NC(=O)Oc1ccc(C2(F)CC2)cc1Cc1ccc2c(c1)C(=O)N(C1CCC(=O)NC1=O)C2. The quantitative estimate of drug-likeness (QED) is 0.677. The van der Waals surface area contributed by atoms with Crippen molar-refractivity contribution in [1.29, 1.82) is 0 Å². The van der Waals surface area contributed by atoms with E-state index in [0.29, 0.717) is 42.4 Å². The number of carbonyl (C=O) groups excluding carboxylic acids is 4. The molecule has 2 fully saturated rings.